The Kier molecular flexibility index (Phi) is 2.15. The summed E-state index contributed by atoms with van der Waals surface area (Å²) in [5.74, 6) is 1.52. The SMILES string of the molecule is COc1[c]cc(OC)cc1. The van der Waals surface area contributed by atoms with E-state index in [0.717, 1.165) is 11.5 Å². The van der Waals surface area contributed by atoms with Crippen molar-refractivity contribution in [2.45, 2.75) is 0 Å². The molecule has 1 aromatic rings. The number of rotatable bonds is 2. The Labute approximate surface area is 60.4 Å². The second-order valence-electron chi connectivity index (χ2n) is 1.80. The Bertz CT molecular complexity index is 168. The molecule has 10 heavy (non-hydrogen) atoms. The van der Waals surface area contributed by atoms with E-state index in [9.17, 15) is 0 Å². The van der Waals surface area contributed by atoms with Crippen LogP contribution < -0.4 is 9.47 Å². The van der Waals surface area contributed by atoms with Crippen molar-refractivity contribution in [2.75, 3.05) is 14.2 Å². The van der Waals surface area contributed by atoms with E-state index in [2.05, 4.69) is 6.07 Å². The summed E-state index contributed by atoms with van der Waals surface area (Å²) < 4.78 is 9.83. The molecule has 0 aliphatic heterocycles. The molecule has 2 heteroatoms. The van der Waals surface area contributed by atoms with E-state index in [4.69, 9.17) is 9.47 Å². The molecule has 0 amide bonds. The van der Waals surface area contributed by atoms with Gasteiger partial charge in [0.1, 0.15) is 11.5 Å². The van der Waals surface area contributed by atoms with Crippen LogP contribution in [0.5, 0.6) is 11.5 Å². The van der Waals surface area contributed by atoms with E-state index >= 15 is 0 Å². The molecule has 0 unspecified atom stereocenters. The summed E-state index contributed by atoms with van der Waals surface area (Å²) in [7, 11) is 3.23. The third-order valence-corrected chi connectivity index (χ3v) is 1.21. The van der Waals surface area contributed by atoms with E-state index < -0.39 is 0 Å². The Balaban J connectivity index is 2.80. The minimum atomic E-state index is 0.723. The number of hydrogen-bond donors (Lipinski definition) is 0. The lowest BCUT2D eigenvalue weighted by Gasteiger charge is -1.99. The Morgan fingerprint density at radius 1 is 1.20 bits per heavy atom. The van der Waals surface area contributed by atoms with Gasteiger partial charge in [-0.05, 0) is 18.2 Å². The first kappa shape index (κ1) is 6.93. The predicted molar refractivity (Wildman–Crippen MR) is 38.4 cm³/mol. The highest BCUT2D eigenvalue weighted by atomic mass is 16.5. The number of benzene rings is 1. The molecule has 1 aromatic carbocycles. The molecule has 0 bridgehead atoms. The summed E-state index contributed by atoms with van der Waals surface area (Å²) in [6.45, 7) is 0. The molecule has 0 aromatic heterocycles. The van der Waals surface area contributed by atoms with Crippen molar-refractivity contribution in [3.8, 4) is 11.5 Å². The molecule has 53 valence electrons. The number of methoxy groups -OCH3 is 2. The molecule has 0 saturated heterocycles. The van der Waals surface area contributed by atoms with Crippen molar-refractivity contribution in [3.63, 3.8) is 0 Å². The average Bonchev–Trinajstić information content (AvgIpc) is 2.05. The fourth-order valence-electron chi connectivity index (χ4n) is 0.650. The van der Waals surface area contributed by atoms with Crippen molar-refractivity contribution in [1.29, 1.82) is 0 Å². The van der Waals surface area contributed by atoms with Gasteiger partial charge in [-0.3, -0.25) is 0 Å². The smallest absolute Gasteiger partial charge is 0.127 e. The van der Waals surface area contributed by atoms with Crippen LogP contribution in [0.1, 0.15) is 0 Å². The maximum atomic E-state index is 4.93. The van der Waals surface area contributed by atoms with Crippen molar-refractivity contribution in [1.82, 2.24) is 0 Å². The molecular formula is C8H9O2. The van der Waals surface area contributed by atoms with Crippen molar-refractivity contribution in [2.24, 2.45) is 0 Å². The van der Waals surface area contributed by atoms with Gasteiger partial charge >= 0.3 is 0 Å². The third-order valence-electron chi connectivity index (χ3n) is 1.21. The van der Waals surface area contributed by atoms with Gasteiger partial charge in [-0.15, -0.1) is 0 Å². The van der Waals surface area contributed by atoms with Gasteiger partial charge in [0, 0.05) is 6.07 Å². The normalized spacial score (nSPS) is 9.00. The first-order valence-electron chi connectivity index (χ1n) is 2.96. The summed E-state index contributed by atoms with van der Waals surface area (Å²) in [5.41, 5.74) is 0. The maximum absolute atomic E-state index is 4.93. The molecule has 2 nitrogen and oxygen atoms in total. The summed E-state index contributed by atoms with van der Waals surface area (Å²) in [6.07, 6.45) is 0. The highest BCUT2D eigenvalue weighted by Crippen LogP contribution is 2.14. The predicted octanol–water partition coefficient (Wildman–Crippen LogP) is 1.50. The monoisotopic (exact) mass is 137 g/mol. The Morgan fingerprint density at radius 2 is 2.00 bits per heavy atom. The van der Waals surface area contributed by atoms with Gasteiger partial charge in [0.2, 0.25) is 0 Å². The Morgan fingerprint density at radius 3 is 2.40 bits per heavy atom. The van der Waals surface area contributed by atoms with E-state index in [0.29, 0.717) is 0 Å². The largest absolute Gasteiger partial charge is 0.497 e. The van der Waals surface area contributed by atoms with Crippen LogP contribution in [-0.2, 0) is 0 Å². The molecule has 1 radical (unpaired) electrons. The van der Waals surface area contributed by atoms with E-state index in [1.807, 2.05) is 6.07 Å². The topological polar surface area (TPSA) is 18.5 Å². The quantitative estimate of drug-likeness (QED) is 0.615. The van der Waals surface area contributed by atoms with Gasteiger partial charge in [0.05, 0.1) is 14.2 Å². The fraction of sp³-hybridized carbons (Fsp3) is 0.250. The van der Waals surface area contributed by atoms with Crippen molar-refractivity contribution < 1.29 is 9.47 Å². The van der Waals surface area contributed by atoms with Crippen LogP contribution >= 0.6 is 0 Å². The maximum Gasteiger partial charge on any atom is 0.127 e. The van der Waals surface area contributed by atoms with Gasteiger partial charge in [0.15, 0.2) is 0 Å². The van der Waals surface area contributed by atoms with Crippen molar-refractivity contribution in [3.05, 3.63) is 24.3 Å². The lowest BCUT2D eigenvalue weighted by Crippen LogP contribution is -1.84. The number of ether oxygens (including phenoxy) is 2. The molecule has 0 fully saturated rings. The van der Waals surface area contributed by atoms with E-state index in [-0.39, 0.29) is 0 Å². The fourth-order valence-corrected chi connectivity index (χ4v) is 0.650. The molecule has 0 heterocycles. The molecule has 0 spiro atoms. The van der Waals surface area contributed by atoms with Crippen LogP contribution in [0.25, 0.3) is 0 Å². The third kappa shape index (κ3) is 1.41. The van der Waals surface area contributed by atoms with Crippen LogP contribution in [0.2, 0.25) is 0 Å². The van der Waals surface area contributed by atoms with E-state index in [1.165, 1.54) is 0 Å². The molecule has 0 aliphatic rings. The van der Waals surface area contributed by atoms with Crippen LogP contribution in [0.15, 0.2) is 18.2 Å². The van der Waals surface area contributed by atoms with Crippen LogP contribution in [0, 0.1) is 6.07 Å². The van der Waals surface area contributed by atoms with Crippen molar-refractivity contribution >= 4 is 0 Å². The highest BCUT2D eigenvalue weighted by Gasteiger charge is 1.90. The summed E-state index contributed by atoms with van der Waals surface area (Å²) in [6, 6.07) is 8.26. The minimum Gasteiger partial charge on any atom is -0.497 e. The van der Waals surface area contributed by atoms with Gasteiger partial charge < -0.3 is 9.47 Å². The first-order chi connectivity index (χ1) is 4.86. The second-order valence-corrected chi connectivity index (χ2v) is 1.80. The van der Waals surface area contributed by atoms with E-state index in [1.54, 1.807) is 26.4 Å². The zero-order valence-corrected chi connectivity index (χ0v) is 6.05. The molecule has 0 atom stereocenters. The molecule has 0 N–H and O–H groups in total. The number of hydrogen-bond acceptors (Lipinski definition) is 2. The molecular weight excluding hydrogens is 128 g/mol. The van der Waals surface area contributed by atoms with Gasteiger partial charge in [-0.2, -0.15) is 0 Å². The zero-order valence-electron chi connectivity index (χ0n) is 6.05. The lowest BCUT2D eigenvalue weighted by molar-refractivity contribution is 0.402. The highest BCUT2D eigenvalue weighted by molar-refractivity contribution is 5.29. The van der Waals surface area contributed by atoms with Gasteiger partial charge in [-0.1, -0.05) is 0 Å². The zero-order chi connectivity index (χ0) is 7.40. The summed E-state index contributed by atoms with van der Waals surface area (Å²) in [5, 5.41) is 0. The van der Waals surface area contributed by atoms with Crippen LogP contribution in [-0.4, -0.2) is 14.2 Å². The van der Waals surface area contributed by atoms with Gasteiger partial charge in [0.25, 0.3) is 0 Å². The molecule has 0 saturated carbocycles. The molecule has 1 rings (SSSR count). The van der Waals surface area contributed by atoms with Crippen LogP contribution in [0.3, 0.4) is 0 Å². The summed E-state index contributed by atoms with van der Waals surface area (Å²) in [4.78, 5) is 0. The summed E-state index contributed by atoms with van der Waals surface area (Å²) >= 11 is 0. The first-order valence-corrected chi connectivity index (χ1v) is 2.96. The standard InChI is InChI=1S/C8H9O2/c1-9-7-3-5-8(10-2)6-4-7/h3-5H,1-2H3. The second kappa shape index (κ2) is 3.11. The lowest BCUT2D eigenvalue weighted by atomic mass is 10.3. The van der Waals surface area contributed by atoms with Gasteiger partial charge in [-0.25, -0.2) is 0 Å². The average molecular weight is 137 g/mol. The van der Waals surface area contributed by atoms with Crippen LogP contribution in [0.4, 0.5) is 0 Å². The Hall–Kier alpha value is -1.18. The molecule has 0 aliphatic carbocycles. The minimum absolute atomic E-state index is 0.723.